The fraction of sp³-hybridized carbons (Fsp3) is 0.417. The second kappa shape index (κ2) is 10.1. The van der Waals surface area contributed by atoms with E-state index >= 15 is 0 Å². The zero-order valence-electron chi connectivity index (χ0n) is 17.9. The highest BCUT2D eigenvalue weighted by Crippen LogP contribution is 2.19. The van der Waals surface area contributed by atoms with Crippen LogP contribution in [0.15, 0.2) is 42.5 Å². The highest BCUT2D eigenvalue weighted by Gasteiger charge is 2.24. The largest absolute Gasteiger partial charge is 0.484 e. The number of hydrogen-bond donors (Lipinski definition) is 1. The third-order valence-corrected chi connectivity index (χ3v) is 5.29. The number of hydrogen-bond acceptors (Lipinski definition) is 4. The van der Waals surface area contributed by atoms with Gasteiger partial charge in [-0.15, -0.1) is 0 Å². The monoisotopic (exact) mass is 410 g/mol. The van der Waals surface area contributed by atoms with Gasteiger partial charge in [-0.05, 0) is 57.4 Å². The van der Waals surface area contributed by atoms with Gasteiger partial charge in [-0.1, -0.05) is 35.4 Å². The average molecular weight is 411 g/mol. The molecule has 160 valence electrons. The second-order valence-corrected chi connectivity index (χ2v) is 7.88. The maximum absolute atomic E-state index is 12.4. The quantitative estimate of drug-likeness (QED) is 0.761. The first-order valence-corrected chi connectivity index (χ1v) is 10.4. The molecule has 0 atom stereocenters. The molecule has 0 aromatic heterocycles. The van der Waals surface area contributed by atoms with Crippen LogP contribution in [0.5, 0.6) is 11.5 Å². The van der Waals surface area contributed by atoms with E-state index in [2.05, 4.69) is 5.32 Å². The van der Waals surface area contributed by atoms with Gasteiger partial charge in [0.1, 0.15) is 11.5 Å². The van der Waals surface area contributed by atoms with Crippen LogP contribution in [-0.2, 0) is 9.59 Å². The fourth-order valence-electron chi connectivity index (χ4n) is 3.52. The highest BCUT2D eigenvalue weighted by atomic mass is 16.5. The van der Waals surface area contributed by atoms with Gasteiger partial charge < -0.3 is 19.7 Å². The molecule has 0 bridgehead atoms. The van der Waals surface area contributed by atoms with Gasteiger partial charge in [-0.25, -0.2) is 0 Å². The first kappa shape index (κ1) is 21.7. The molecule has 2 aromatic carbocycles. The van der Waals surface area contributed by atoms with Crippen molar-refractivity contribution in [1.82, 2.24) is 10.2 Å². The molecule has 1 aliphatic heterocycles. The van der Waals surface area contributed by atoms with Crippen molar-refractivity contribution >= 4 is 11.8 Å². The van der Waals surface area contributed by atoms with E-state index in [-0.39, 0.29) is 31.1 Å². The van der Waals surface area contributed by atoms with Gasteiger partial charge in [0.15, 0.2) is 13.2 Å². The third kappa shape index (κ3) is 6.24. The Labute approximate surface area is 178 Å². The lowest BCUT2D eigenvalue weighted by Gasteiger charge is -2.32. The van der Waals surface area contributed by atoms with Crippen molar-refractivity contribution in [2.45, 2.75) is 39.7 Å². The summed E-state index contributed by atoms with van der Waals surface area (Å²) < 4.78 is 11.2. The average Bonchev–Trinajstić information content (AvgIpc) is 2.73. The summed E-state index contributed by atoms with van der Waals surface area (Å²) in [6.45, 7) is 7.24. The summed E-state index contributed by atoms with van der Waals surface area (Å²) in [5.41, 5.74) is 3.33. The van der Waals surface area contributed by atoms with Gasteiger partial charge in [0.05, 0.1) is 0 Å². The number of rotatable bonds is 7. The van der Waals surface area contributed by atoms with Crippen LogP contribution in [0.4, 0.5) is 0 Å². The normalized spacial score (nSPS) is 14.3. The number of nitrogens with one attached hydrogen (secondary N) is 1. The predicted molar refractivity (Wildman–Crippen MR) is 116 cm³/mol. The van der Waals surface area contributed by atoms with Crippen LogP contribution in [0.1, 0.15) is 29.5 Å². The van der Waals surface area contributed by atoms with Gasteiger partial charge in [0, 0.05) is 19.1 Å². The van der Waals surface area contributed by atoms with Crippen molar-refractivity contribution < 1.29 is 19.1 Å². The molecule has 1 fully saturated rings. The van der Waals surface area contributed by atoms with E-state index in [9.17, 15) is 9.59 Å². The van der Waals surface area contributed by atoms with Crippen LogP contribution >= 0.6 is 0 Å². The van der Waals surface area contributed by atoms with Crippen molar-refractivity contribution in [2.24, 2.45) is 0 Å². The molecule has 6 heteroatoms. The maximum atomic E-state index is 12.4. The fourth-order valence-corrected chi connectivity index (χ4v) is 3.52. The lowest BCUT2D eigenvalue weighted by atomic mass is 10.1. The minimum absolute atomic E-state index is 0.00651. The molecule has 1 N–H and O–H groups in total. The Bertz CT molecular complexity index is 871. The summed E-state index contributed by atoms with van der Waals surface area (Å²) in [5.74, 6) is 1.26. The maximum Gasteiger partial charge on any atom is 0.260 e. The zero-order valence-corrected chi connectivity index (χ0v) is 17.9. The topological polar surface area (TPSA) is 67.9 Å². The number of ether oxygens (including phenoxy) is 2. The summed E-state index contributed by atoms with van der Waals surface area (Å²) in [6, 6.07) is 13.6. The van der Waals surface area contributed by atoms with Crippen LogP contribution in [0.3, 0.4) is 0 Å². The number of benzene rings is 2. The molecule has 1 heterocycles. The Morgan fingerprint density at radius 1 is 0.933 bits per heavy atom. The first-order valence-electron chi connectivity index (χ1n) is 10.4. The van der Waals surface area contributed by atoms with E-state index in [0.29, 0.717) is 18.8 Å². The van der Waals surface area contributed by atoms with Gasteiger partial charge >= 0.3 is 0 Å². The van der Waals surface area contributed by atoms with E-state index in [0.717, 1.165) is 35.3 Å². The molecule has 1 aliphatic rings. The minimum atomic E-state index is -0.137. The van der Waals surface area contributed by atoms with Crippen LogP contribution in [0, 0.1) is 20.8 Å². The standard InChI is InChI=1S/C24H30N2O4/c1-17-4-7-21(8-5-17)29-16-24(28)26-12-10-20(11-13-26)25-23(27)15-30-22-9-6-18(2)14-19(22)3/h4-9,14,20H,10-13,15-16H2,1-3H3,(H,25,27). The Hall–Kier alpha value is -3.02. The van der Waals surface area contributed by atoms with E-state index in [1.807, 2.05) is 63.2 Å². The SMILES string of the molecule is Cc1ccc(OCC(=O)N2CCC(NC(=O)COc3ccc(C)cc3C)CC2)cc1. The molecule has 0 radical (unpaired) electrons. The van der Waals surface area contributed by atoms with Crippen LogP contribution in [-0.4, -0.2) is 49.1 Å². The molecule has 30 heavy (non-hydrogen) atoms. The number of piperidine rings is 1. The number of carbonyl (C=O) groups is 2. The summed E-state index contributed by atoms with van der Waals surface area (Å²) in [5, 5.41) is 3.01. The van der Waals surface area contributed by atoms with E-state index in [1.165, 1.54) is 0 Å². The number of carbonyl (C=O) groups excluding carboxylic acids is 2. The van der Waals surface area contributed by atoms with Crippen molar-refractivity contribution in [1.29, 1.82) is 0 Å². The summed E-state index contributed by atoms with van der Waals surface area (Å²) in [7, 11) is 0. The molecule has 2 aromatic rings. The van der Waals surface area contributed by atoms with Gasteiger partial charge in [-0.2, -0.15) is 0 Å². The Kier molecular flexibility index (Phi) is 7.33. The van der Waals surface area contributed by atoms with Crippen molar-refractivity contribution in [3.05, 3.63) is 59.2 Å². The number of amides is 2. The molecule has 3 rings (SSSR count). The summed E-state index contributed by atoms with van der Waals surface area (Å²) in [6.07, 6.45) is 1.46. The molecule has 0 saturated carbocycles. The zero-order chi connectivity index (χ0) is 21.5. The van der Waals surface area contributed by atoms with Crippen LogP contribution in [0.2, 0.25) is 0 Å². The summed E-state index contributed by atoms with van der Waals surface area (Å²) >= 11 is 0. The number of nitrogens with zero attached hydrogens (tertiary/aromatic N) is 1. The third-order valence-electron chi connectivity index (χ3n) is 5.29. The molecule has 6 nitrogen and oxygen atoms in total. The first-order chi connectivity index (χ1) is 14.4. The molecule has 0 spiro atoms. The minimum Gasteiger partial charge on any atom is -0.484 e. The molecular formula is C24H30N2O4. The smallest absolute Gasteiger partial charge is 0.260 e. The summed E-state index contributed by atoms with van der Waals surface area (Å²) in [4.78, 5) is 26.4. The van der Waals surface area contributed by atoms with Crippen molar-refractivity contribution in [3.63, 3.8) is 0 Å². The van der Waals surface area contributed by atoms with Crippen LogP contribution < -0.4 is 14.8 Å². The van der Waals surface area contributed by atoms with Crippen molar-refractivity contribution in [3.8, 4) is 11.5 Å². The Balaban J connectivity index is 1.36. The molecule has 1 saturated heterocycles. The lowest BCUT2D eigenvalue weighted by Crippen LogP contribution is -2.48. The second-order valence-electron chi connectivity index (χ2n) is 7.88. The van der Waals surface area contributed by atoms with Gasteiger partial charge in [0.2, 0.25) is 0 Å². The Morgan fingerprint density at radius 2 is 1.60 bits per heavy atom. The predicted octanol–water partition coefficient (Wildman–Crippen LogP) is 3.18. The van der Waals surface area contributed by atoms with Crippen LogP contribution in [0.25, 0.3) is 0 Å². The lowest BCUT2D eigenvalue weighted by molar-refractivity contribution is -0.134. The van der Waals surface area contributed by atoms with Crippen molar-refractivity contribution in [2.75, 3.05) is 26.3 Å². The molecular weight excluding hydrogens is 380 g/mol. The van der Waals surface area contributed by atoms with Gasteiger partial charge in [-0.3, -0.25) is 9.59 Å². The Morgan fingerprint density at radius 3 is 2.27 bits per heavy atom. The van der Waals surface area contributed by atoms with E-state index in [1.54, 1.807) is 4.90 Å². The van der Waals surface area contributed by atoms with E-state index in [4.69, 9.17) is 9.47 Å². The highest BCUT2D eigenvalue weighted by molar-refractivity contribution is 5.79. The molecule has 0 unspecified atom stereocenters. The number of likely N-dealkylation sites (tertiary alicyclic amines) is 1. The van der Waals surface area contributed by atoms with Gasteiger partial charge in [0.25, 0.3) is 11.8 Å². The number of aryl methyl sites for hydroxylation is 3. The molecule has 0 aliphatic carbocycles. The molecule has 2 amide bonds. The van der Waals surface area contributed by atoms with E-state index < -0.39 is 0 Å².